The molecule has 1 aromatic carbocycles. The van der Waals surface area contributed by atoms with Gasteiger partial charge in [0.2, 0.25) is 18.6 Å². The number of thiophene rings is 1. The van der Waals surface area contributed by atoms with Gasteiger partial charge in [0.15, 0.2) is 11.5 Å². The Hall–Kier alpha value is -3.93. The number of likely N-dealkylation sites (tertiary alicyclic amines) is 1. The molecule has 2 amide bonds. The summed E-state index contributed by atoms with van der Waals surface area (Å²) in [6.45, 7) is 5.30. The molecule has 5 rings (SSSR count). The third-order valence-electron chi connectivity index (χ3n) is 5.70. The Bertz CT molecular complexity index is 1350. The third-order valence-corrected chi connectivity index (χ3v) is 6.73. The zero-order valence-corrected chi connectivity index (χ0v) is 20.8. The maximum atomic E-state index is 12.7. The smallest absolute Gasteiger partial charge is 0.261 e. The molecular formula is C24H26N6O5S. The van der Waals surface area contributed by atoms with Crippen molar-refractivity contribution in [2.45, 2.75) is 32.7 Å². The van der Waals surface area contributed by atoms with Gasteiger partial charge in [-0.25, -0.2) is 9.97 Å². The lowest BCUT2D eigenvalue weighted by molar-refractivity contribution is -0.128. The number of hydrogen-bond donors (Lipinski definition) is 2. The Morgan fingerprint density at radius 1 is 1.28 bits per heavy atom. The van der Waals surface area contributed by atoms with Crippen LogP contribution in [0.4, 0.5) is 5.95 Å². The molecular weight excluding hydrogens is 484 g/mol. The van der Waals surface area contributed by atoms with Gasteiger partial charge in [-0.2, -0.15) is 0 Å². The number of anilines is 1. The number of rotatable bonds is 8. The molecule has 188 valence electrons. The fraction of sp³-hybridized carbons (Fsp3) is 0.375. The average Bonchev–Trinajstić information content (AvgIpc) is 3.57. The monoisotopic (exact) mass is 510 g/mol. The number of oxime groups is 1. The van der Waals surface area contributed by atoms with E-state index in [-0.39, 0.29) is 37.2 Å². The molecule has 1 saturated heterocycles. The van der Waals surface area contributed by atoms with E-state index in [0.717, 1.165) is 13.0 Å². The summed E-state index contributed by atoms with van der Waals surface area (Å²) in [5.41, 5.74) is 7.53. The number of nitrogens with zero attached hydrogens (tertiary/aromatic N) is 4. The van der Waals surface area contributed by atoms with Crippen LogP contribution in [0.5, 0.6) is 11.5 Å². The second kappa shape index (κ2) is 9.97. The van der Waals surface area contributed by atoms with Gasteiger partial charge in [0.05, 0.1) is 11.4 Å². The summed E-state index contributed by atoms with van der Waals surface area (Å²) in [4.78, 5) is 41.8. The highest BCUT2D eigenvalue weighted by Gasteiger charge is 2.23. The largest absolute Gasteiger partial charge is 0.454 e. The fourth-order valence-corrected chi connectivity index (χ4v) is 4.98. The number of aromatic nitrogens is 2. The summed E-state index contributed by atoms with van der Waals surface area (Å²) >= 11 is 1.23. The van der Waals surface area contributed by atoms with Gasteiger partial charge >= 0.3 is 0 Å². The normalized spacial score (nSPS) is 15.2. The second-order valence-electron chi connectivity index (χ2n) is 8.71. The Morgan fingerprint density at radius 2 is 2.11 bits per heavy atom. The van der Waals surface area contributed by atoms with Crippen LogP contribution in [0.25, 0.3) is 10.2 Å². The number of amides is 2. The molecule has 0 aliphatic carbocycles. The van der Waals surface area contributed by atoms with E-state index in [1.54, 1.807) is 23.1 Å². The number of nitrogens with one attached hydrogen (secondary N) is 1. The number of fused-ring (bicyclic) bond motifs is 2. The predicted octanol–water partition coefficient (Wildman–Crippen LogP) is 2.53. The molecule has 0 spiro atoms. The molecule has 0 unspecified atom stereocenters. The van der Waals surface area contributed by atoms with Gasteiger partial charge in [0.25, 0.3) is 5.91 Å². The van der Waals surface area contributed by atoms with Crippen molar-refractivity contribution in [3.63, 3.8) is 0 Å². The van der Waals surface area contributed by atoms with Gasteiger partial charge in [-0.15, -0.1) is 11.3 Å². The number of nitrogen functional groups attached to an aromatic ring is 1. The van der Waals surface area contributed by atoms with Gasteiger partial charge in [-0.3, -0.25) is 9.59 Å². The topological polar surface area (TPSA) is 141 Å². The minimum atomic E-state index is -0.203. The standard InChI is InChI=1S/C24H26N6O5S/c1-13(2)26-22(32)18-11-15-21(27-24(25)28-23(15)36-18)20(14-5-6-16-17(10-14)34-12-33-16)29-35-9-8-30-7-3-4-19(30)31/h5-6,10-11,13H,3-4,7-9,12H2,1-2H3,(H,26,32)(H2,25,27,28)/b29-20+. The number of ether oxygens (including phenoxy) is 2. The average molecular weight is 511 g/mol. The van der Waals surface area contributed by atoms with E-state index in [9.17, 15) is 9.59 Å². The molecule has 0 atom stereocenters. The molecule has 4 heterocycles. The Morgan fingerprint density at radius 3 is 2.89 bits per heavy atom. The summed E-state index contributed by atoms with van der Waals surface area (Å²) in [7, 11) is 0. The number of carbonyl (C=O) groups excluding carboxylic acids is 2. The van der Waals surface area contributed by atoms with Gasteiger partial charge in [0.1, 0.15) is 22.8 Å². The van der Waals surface area contributed by atoms with Crippen LogP contribution in [0, 0.1) is 0 Å². The highest BCUT2D eigenvalue weighted by Crippen LogP contribution is 2.34. The SMILES string of the molecule is CC(C)NC(=O)c1cc2c(/C(=N/OCCN3CCCC3=O)c3ccc4c(c3)OCO4)nc(N)nc2s1. The van der Waals surface area contributed by atoms with Gasteiger partial charge in [0, 0.05) is 30.0 Å². The molecule has 36 heavy (non-hydrogen) atoms. The van der Waals surface area contributed by atoms with Crippen molar-refractivity contribution in [1.29, 1.82) is 0 Å². The Balaban J connectivity index is 1.52. The molecule has 1 fully saturated rings. The lowest BCUT2D eigenvalue weighted by atomic mass is 10.0. The van der Waals surface area contributed by atoms with E-state index in [2.05, 4.69) is 20.4 Å². The molecule has 11 nitrogen and oxygen atoms in total. The first-order valence-electron chi connectivity index (χ1n) is 11.6. The van der Waals surface area contributed by atoms with Crippen LogP contribution in [-0.4, -0.2) is 64.9 Å². The van der Waals surface area contributed by atoms with E-state index in [4.69, 9.17) is 20.0 Å². The highest BCUT2D eigenvalue weighted by molar-refractivity contribution is 7.20. The number of benzene rings is 1. The molecule has 0 bridgehead atoms. The van der Waals surface area contributed by atoms with Crippen LogP contribution in [-0.2, 0) is 9.63 Å². The maximum Gasteiger partial charge on any atom is 0.261 e. The Kier molecular flexibility index (Phi) is 6.59. The number of carbonyl (C=O) groups is 2. The van der Waals surface area contributed by atoms with Crippen LogP contribution >= 0.6 is 11.3 Å². The quantitative estimate of drug-likeness (QED) is 0.268. The van der Waals surface area contributed by atoms with Crippen molar-refractivity contribution >= 4 is 45.0 Å². The lowest BCUT2D eigenvalue weighted by Crippen LogP contribution is -2.29. The van der Waals surface area contributed by atoms with E-state index in [1.165, 1.54) is 11.3 Å². The summed E-state index contributed by atoms with van der Waals surface area (Å²) in [6.07, 6.45) is 1.42. The number of nitrogens with two attached hydrogens (primary N) is 1. The first-order valence-corrected chi connectivity index (χ1v) is 12.5. The van der Waals surface area contributed by atoms with Crippen molar-refractivity contribution in [3.05, 3.63) is 40.4 Å². The van der Waals surface area contributed by atoms with Crippen LogP contribution in [0.15, 0.2) is 29.4 Å². The van der Waals surface area contributed by atoms with Gasteiger partial charge < -0.3 is 30.3 Å². The molecule has 3 aromatic rings. The minimum Gasteiger partial charge on any atom is -0.454 e. The van der Waals surface area contributed by atoms with E-state index in [0.29, 0.717) is 56.5 Å². The summed E-state index contributed by atoms with van der Waals surface area (Å²) < 4.78 is 11.0. The van der Waals surface area contributed by atoms with Gasteiger partial charge in [-0.1, -0.05) is 5.16 Å². The zero-order valence-electron chi connectivity index (χ0n) is 19.9. The van der Waals surface area contributed by atoms with E-state index >= 15 is 0 Å². The van der Waals surface area contributed by atoms with Crippen molar-refractivity contribution in [3.8, 4) is 11.5 Å². The van der Waals surface area contributed by atoms with Crippen LogP contribution in [0.3, 0.4) is 0 Å². The zero-order chi connectivity index (χ0) is 25.2. The summed E-state index contributed by atoms with van der Waals surface area (Å²) in [5.74, 6) is 1.16. The molecule has 2 aromatic heterocycles. The molecule has 0 saturated carbocycles. The van der Waals surface area contributed by atoms with Crippen molar-refractivity contribution < 1.29 is 23.9 Å². The first kappa shape index (κ1) is 23.8. The molecule has 0 radical (unpaired) electrons. The fourth-order valence-electron chi connectivity index (χ4n) is 4.04. The first-order chi connectivity index (χ1) is 17.4. The summed E-state index contributed by atoms with van der Waals surface area (Å²) in [5, 5.41) is 7.92. The molecule has 3 N–H and O–H groups in total. The Labute approximate surface area is 211 Å². The van der Waals surface area contributed by atoms with E-state index < -0.39 is 0 Å². The van der Waals surface area contributed by atoms with E-state index in [1.807, 2.05) is 19.9 Å². The third kappa shape index (κ3) is 4.89. The predicted molar refractivity (Wildman–Crippen MR) is 134 cm³/mol. The van der Waals surface area contributed by atoms with Crippen LogP contribution < -0.4 is 20.5 Å². The van der Waals surface area contributed by atoms with Crippen LogP contribution in [0.1, 0.15) is 47.6 Å². The van der Waals surface area contributed by atoms with Gasteiger partial charge in [-0.05, 0) is 44.5 Å². The maximum absolute atomic E-state index is 12.7. The summed E-state index contributed by atoms with van der Waals surface area (Å²) in [6, 6.07) is 7.12. The molecule has 12 heteroatoms. The molecule has 2 aliphatic heterocycles. The highest BCUT2D eigenvalue weighted by atomic mass is 32.1. The minimum absolute atomic E-state index is 0.0139. The lowest BCUT2D eigenvalue weighted by Gasteiger charge is -2.14. The van der Waals surface area contributed by atoms with Crippen molar-refractivity contribution in [1.82, 2.24) is 20.2 Å². The molecule has 2 aliphatic rings. The van der Waals surface area contributed by atoms with Crippen LogP contribution in [0.2, 0.25) is 0 Å². The van der Waals surface area contributed by atoms with Crippen molar-refractivity contribution in [2.75, 3.05) is 32.2 Å². The van der Waals surface area contributed by atoms with Crippen molar-refractivity contribution in [2.24, 2.45) is 5.16 Å². The second-order valence-corrected chi connectivity index (χ2v) is 9.74. The number of hydrogen-bond acceptors (Lipinski definition) is 10.